The van der Waals surface area contributed by atoms with Crippen molar-refractivity contribution in [1.29, 1.82) is 0 Å². The van der Waals surface area contributed by atoms with Crippen molar-refractivity contribution in [2.45, 2.75) is 26.3 Å². The van der Waals surface area contributed by atoms with E-state index in [2.05, 4.69) is 11.4 Å². The summed E-state index contributed by atoms with van der Waals surface area (Å²) in [5, 5.41) is 4.77. The molecule has 1 aliphatic carbocycles. The van der Waals surface area contributed by atoms with E-state index in [9.17, 15) is 4.57 Å². The topological polar surface area (TPSA) is 69.2 Å². The van der Waals surface area contributed by atoms with Crippen molar-refractivity contribution >= 4 is 59.4 Å². The summed E-state index contributed by atoms with van der Waals surface area (Å²) in [7, 11) is -3.03. The molecule has 1 N–H and O–H groups in total. The van der Waals surface area contributed by atoms with E-state index in [0.717, 1.165) is 32.6 Å². The molecule has 2 aromatic rings. The minimum absolute atomic E-state index is 0.0131. The van der Waals surface area contributed by atoms with Crippen LogP contribution in [0.4, 0.5) is 0 Å². The van der Waals surface area contributed by atoms with Crippen LogP contribution >= 0.6 is 43.2 Å². The minimum atomic E-state index is -3.03. The van der Waals surface area contributed by atoms with Gasteiger partial charge in [0.25, 0.3) is 0 Å². The lowest BCUT2D eigenvalue weighted by Gasteiger charge is -2.16. The van der Waals surface area contributed by atoms with Crippen molar-refractivity contribution in [3.63, 3.8) is 0 Å². The highest BCUT2D eigenvalue weighted by Gasteiger charge is 2.32. The molecule has 34 heavy (non-hydrogen) atoms. The first-order chi connectivity index (χ1) is 16.4. The van der Waals surface area contributed by atoms with Gasteiger partial charge in [-0.25, -0.2) is 4.99 Å². The van der Waals surface area contributed by atoms with Crippen LogP contribution in [0.5, 0.6) is 5.75 Å². The molecule has 1 atom stereocenters. The number of nitrogens with one attached hydrogen (secondary N) is 1. The first-order valence-corrected chi connectivity index (χ1v) is 14.4. The summed E-state index contributed by atoms with van der Waals surface area (Å²) < 4.78 is 28.9. The van der Waals surface area contributed by atoms with Gasteiger partial charge in [0.05, 0.1) is 26.0 Å². The van der Waals surface area contributed by atoms with Crippen molar-refractivity contribution in [1.82, 2.24) is 5.32 Å². The Morgan fingerprint density at radius 1 is 1.18 bits per heavy atom. The van der Waals surface area contributed by atoms with Gasteiger partial charge in [-0.3, -0.25) is 4.57 Å². The molecule has 0 aromatic heterocycles. The quantitative estimate of drug-likeness (QED) is 0.202. The molecular weight excluding hydrogens is 511 g/mol. The van der Waals surface area contributed by atoms with E-state index in [-0.39, 0.29) is 6.04 Å². The van der Waals surface area contributed by atoms with Crippen LogP contribution in [0, 0.1) is 0 Å². The van der Waals surface area contributed by atoms with Gasteiger partial charge in [-0.2, -0.15) is 0 Å². The van der Waals surface area contributed by atoms with Crippen LogP contribution in [0.2, 0.25) is 5.02 Å². The molecule has 0 fully saturated rings. The van der Waals surface area contributed by atoms with E-state index < -0.39 is 7.60 Å². The van der Waals surface area contributed by atoms with Crippen molar-refractivity contribution in [3.8, 4) is 5.75 Å². The highest BCUT2D eigenvalue weighted by atomic mass is 35.5. The Morgan fingerprint density at radius 3 is 2.62 bits per heavy atom. The van der Waals surface area contributed by atoms with Crippen LogP contribution in [0.1, 0.15) is 43.0 Å². The van der Waals surface area contributed by atoms with Crippen LogP contribution in [0.15, 0.2) is 52.4 Å². The lowest BCUT2D eigenvalue weighted by Crippen LogP contribution is -2.26. The third-order valence-electron chi connectivity index (χ3n) is 5.21. The predicted octanol–water partition coefficient (Wildman–Crippen LogP) is 6.84. The van der Waals surface area contributed by atoms with E-state index in [4.69, 9.17) is 42.6 Å². The van der Waals surface area contributed by atoms with E-state index in [0.29, 0.717) is 37.4 Å². The number of thiocarbonyl (C=S) groups is 1. The Kier molecular flexibility index (Phi) is 8.51. The summed E-state index contributed by atoms with van der Waals surface area (Å²) in [4.78, 5) is 6.57. The average Bonchev–Trinajstić information content (AvgIpc) is 3.34. The molecule has 0 spiro atoms. The first-order valence-electron chi connectivity index (χ1n) is 11.1. The second-order valence-corrected chi connectivity index (χ2v) is 11.7. The van der Waals surface area contributed by atoms with Gasteiger partial charge >= 0.3 is 7.60 Å². The molecule has 10 heteroatoms. The molecule has 1 heterocycles. The number of fused-ring (bicyclic) bond motifs is 3. The highest BCUT2D eigenvalue weighted by molar-refractivity contribution is 8.17. The number of rotatable bonds is 10. The lowest BCUT2D eigenvalue weighted by molar-refractivity contribution is 0.216. The zero-order chi connectivity index (χ0) is 24.1. The number of benzene rings is 2. The molecule has 0 saturated carbocycles. The highest BCUT2D eigenvalue weighted by Crippen LogP contribution is 2.49. The number of hydrogen-bond acceptors (Lipinski definition) is 7. The van der Waals surface area contributed by atoms with Crippen LogP contribution in [-0.2, 0) is 13.6 Å². The predicted molar refractivity (Wildman–Crippen MR) is 144 cm³/mol. The summed E-state index contributed by atoms with van der Waals surface area (Å²) in [5.41, 5.74) is 3.16. The second kappa shape index (κ2) is 11.4. The molecule has 6 nitrogen and oxygen atoms in total. The molecule has 1 unspecified atom stereocenters. The van der Waals surface area contributed by atoms with Gasteiger partial charge < -0.3 is 19.1 Å². The average molecular weight is 537 g/mol. The summed E-state index contributed by atoms with van der Waals surface area (Å²) in [6, 6.07) is 13.5. The van der Waals surface area contributed by atoms with E-state index in [1.165, 1.54) is 4.91 Å². The number of nitrogens with zero attached hydrogens (tertiary/aromatic N) is 1. The SMILES string of the molecule is CCOP(=O)(CCCOc1ccc(C(=S)NC2=NC3C(=Cc4cc(Cl)ccc43)S2)cc1)OCC. The van der Waals surface area contributed by atoms with Gasteiger partial charge in [0.2, 0.25) is 0 Å². The van der Waals surface area contributed by atoms with Gasteiger partial charge in [0.1, 0.15) is 16.8 Å². The van der Waals surface area contributed by atoms with Crippen molar-refractivity contribution in [2.24, 2.45) is 4.99 Å². The third-order valence-corrected chi connectivity index (χ3v) is 8.92. The maximum Gasteiger partial charge on any atom is 0.330 e. The van der Waals surface area contributed by atoms with Crippen LogP contribution < -0.4 is 10.1 Å². The standard InChI is InChI=1S/C24H26ClN2O4PS2/c1-3-30-32(28,31-4-2)13-5-12-29-19-9-6-16(7-10-19)23(33)27-24-26-22-20-11-8-18(25)14-17(20)15-21(22)34-24/h6-11,14-15,22H,3-5,12-13H2,1-2H3,(H,26,27,33). The van der Waals surface area contributed by atoms with Gasteiger partial charge in [-0.05, 0) is 73.9 Å². The summed E-state index contributed by atoms with van der Waals surface area (Å²) in [5.74, 6) is 0.719. The van der Waals surface area contributed by atoms with Crippen molar-refractivity contribution in [2.75, 3.05) is 26.0 Å². The largest absolute Gasteiger partial charge is 0.494 e. The van der Waals surface area contributed by atoms with Gasteiger partial charge in [0.15, 0.2) is 5.17 Å². The maximum atomic E-state index is 12.5. The molecule has 180 valence electrons. The van der Waals surface area contributed by atoms with E-state index in [1.807, 2.05) is 42.5 Å². The van der Waals surface area contributed by atoms with Crippen LogP contribution in [-0.4, -0.2) is 36.1 Å². The first kappa shape index (κ1) is 25.4. The smallest absolute Gasteiger partial charge is 0.330 e. The molecule has 4 rings (SSSR count). The van der Waals surface area contributed by atoms with Crippen molar-refractivity contribution < 1.29 is 18.3 Å². The fourth-order valence-corrected chi connectivity index (χ4v) is 6.84. The number of thioether (sulfide) groups is 1. The number of aliphatic imine (C=N–C) groups is 1. The monoisotopic (exact) mass is 536 g/mol. The van der Waals surface area contributed by atoms with Gasteiger partial charge in [0, 0.05) is 15.5 Å². The second-order valence-electron chi connectivity index (χ2n) is 7.61. The Balaban J connectivity index is 1.27. The van der Waals surface area contributed by atoms with Crippen molar-refractivity contribution in [3.05, 3.63) is 69.1 Å². The summed E-state index contributed by atoms with van der Waals surface area (Å²) in [6.45, 7) is 4.75. The number of halogens is 1. The third kappa shape index (κ3) is 6.11. The normalized spacial score (nSPS) is 16.5. The van der Waals surface area contributed by atoms with Gasteiger partial charge in [-0.1, -0.05) is 41.6 Å². The Bertz CT molecular complexity index is 1160. The molecule has 0 bridgehead atoms. The molecule has 1 aliphatic heterocycles. The lowest BCUT2D eigenvalue weighted by atomic mass is 10.1. The van der Waals surface area contributed by atoms with Crippen LogP contribution in [0.3, 0.4) is 0 Å². The summed E-state index contributed by atoms with van der Waals surface area (Å²) in [6.07, 6.45) is 3.03. The fourth-order valence-electron chi connectivity index (χ4n) is 3.72. The number of hydrogen-bond donors (Lipinski definition) is 1. The Hall–Kier alpha value is -1.67. The van der Waals surface area contributed by atoms with Gasteiger partial charge in [-0.15, -0.1) is 0 Å². The molecule has 0 radical (unpaired) electrons. The van der Waals surface area contributed by atoms with E-state index in [1.54, 1.807) is 25.6 Å². The molecule has 0 saturated heterocycles. The molecule has 2 aliphatic rings. The summed E-state index contributed by atoms with van der Waals surface area (Å²) >= 11 is 13.3. The molecule has 0 amide bonds. The van der Waals surface area contributed by atoms with Crippen LogP contribution in [0.25, 0.3) is 6.08 Å². The number of amidine groups is 1. The fraction of sp³-hybridized carbons (Fsp3) is 0.333. The number of ether oxygens (including phenoxy) is 1. The molecule has 2 aromatic carbocycles. The minimum Gasteiger partial charge on any atom is -0.494 e. The Morgan fingerprint density at radius 2 is 1.91 bits per heavy atom. The zero-order valence-electron chi connectivity index (χ0n) is 19.0. The van der Waals surface area contributed by atoms with E-state index >= 15 is 0 Å². The zero-order valence-corrected chi connectivity index (χ0v) is 22.2. The Labute approximate surface area is 214 Å². The maximum absolute atomic E-state index is 12.5. The molecular formula is C24H26ClN2O4PS2.